The lowest BCUT2D eigenvalue weighted by Crippen LogP contribution is -2.17. The summed E-state index contributed by atoms with van der Waals surface area (Å²) in [5, 5.41) is 14.5. The molecule has 0 unspecified atom stereocenters. The van der Waals surface area contributed by atoms with Crippen LogP contribution >= 0.6 is 0 Å². The van der Waals surface area contributed by atoms with Crippen LogP contribution in [0.2, 0.25) is 0 Å². The van der Waals surface area contributed by atoms with E-state index in [0.29, 0.717) is 17.9 Å². The van der Waals surface area contributed by atoms with Crippen LogP contribution in [-0.4, -0.2) is 23.7 Å². The molecule has 2 rings (SSSR count). The van der Waals surface area contributed by atoms with Gasteiger partial charge in [0.15, 0.2) is 0 Å². The van der Waals surface area contributed by atoms with Crippen LogP contribution in [0.5, 0.6) is 5.75 Å². The van der Waals surface area contributed by atoms with Crippen molar-refractivity contribution >= 4 is 17.8 Å². The van der Waals surface area contributed by atoms with Gasteiger partial charge in [-0.1, -0.05) is 24.8 Å². The molecule has 0 bridgehead atoms. The van der Waals surface area contributed by atoms with Gasteiger partial charge in [-0.3, -0.25) is 14.9 Å². The number of amides is 1. The van der Waals surface area contributed by atoms with E-state index in [9.17, 15) is 14.9 Å². The number of ether oxygens (including phenoxy) is 1. The van der Waals surface area contributed by atoms with Gasteiger partial charge in [-0.25, -0.2) is 5.43 Å². The first-order valence-corrected chi connectivity index (χ1v) is 7.02. The van der Waals surface area contributed by atoms with Crippen molar-refractivity contribution in [2.45, 2.75) is 0 Å². The topological polar surface area (TPSA) is 93.8 Å². The number of carbonyl (C=O) groups is 1. The van der Waals surface area contributed by atoms with E-state index >= 15 is 0 Å². The van der Waals surface area contributed by atoms with E-state index in [-0.39, 0.29) is 11.3 Å². The molecule has 2 aromatic rings. The third kappa shape index (κ3) is 4.51. The minimum Gasteiger partial charge on any atom is -0.489 e. The molecule has 0 atom stereocenters. The van der Waals surface area contributed by atoms with Crippen LogP contribution in [0.4, 0.5) is 5.69 Å². The molecule has 0 spiro atoms. The normalized spacial score (nSPS) is 10.3. The SMILES string of the molecule is C=CCOc1ccccc1/C=N/NC(=O)c1ccc([N+](=O)[O-])cc1. The molecule has 0 heterocycles. The number of rotatable bonds is 7. The Labute approximate surface area is 138 Å². The predicted molar refractivity (Wildman–Crippen MR) is 90.3 cm³/mol. The summed E-state index contributed by atoms with van der Waals surface area (Å²) in [6.07, 6.45) is 3.09. The van der Waals surface area contributed by atoms with Gasteiger partial charge in [0.05, 0.1) is 11.1 Å². The molecular weight excluding hydrogens is 310 g/mol. The quantitative estimate of drug-likeness (QED) is 0.366. The van der Waals surface area contributed by atoms with Gasteiger partial charge in [0.2, 0.25) is 0 Å². The highest BCUT2D eigenvalue weighted by Gasteiger charge is 2.08. The van der Waals surface area contributed by atoms with Crippen LogP contribution in [-0.2, 0) is 0 Å². The van der Waals surface area contributed by atoms with Crippen LogP contribution in [0.25, 0.3) is 0 Å². The van der Waals surface area contributed by atoms with Crippen molar-refractivity contribution in [3.63, 3.8) is 0 Å². The van der Waals surface area contributed by atoms with Crippen molar-refractivity contribution in [1.29, 1.82) is 0 Å². The largest absolute Gasteiger partial charge is 0.489 e. The Morgan fingerprint density at radius 1 is 1.25 bits per heavy atom. The number of hydrogen-bond acceptors (Lipinski definition) is 5. The van der Waals surface area contributed by atoms with Crippen molar-refractivity contribution in [3.8, 4) is 5.75 Å². The molecule has 122 valence electrons. The van der Waals surface area contributed by atoms with Gasteiger partial charge in [0.25, 0.3) is 11.6 Å². The van der Waals surface area contributed by atoms with Crippen LogP contribution in [0.15, 0.2) is 66.3 Å². The van der Waals surface area contributed by atoms with Crippen molar-refractivity contribution in [3.05, 3.63) is 82.4 Å². The summed E-state index contributed by atoms with van der Waals surface area (Å²) in [4.78, 5) is 22.0. The third-order valence-corrected chi connectivity index (χ3v) is 2.99. The summed E-state index contributed by atoms with van der Waals surface area (Å²) in [5.41, 5.74) is 3.25. The monoisotopic (exact) mass is 325 g/mol. The predicted octanol–water partition coefficient (Wildman–Crippen LogP) is 2.92. The first-order valence-electron chi connectivity index (χ1n) is 7.02. The maximum atomic E-state index is 11.9. The highest BCUT2D eigenvalue weighted by Crippen LogP contribution is 2.15. The van der Waals surface area contributed by atoms with Crippen molar-refractivity contribution in [2.24, 2.45) is 5.10 Å². The minimum absolute atomic E-state index is 0.0802. The average molecular weight is 325 g/mol. The van der Waals surface area contributed by atoms with Crippen molar-refractivity contribution in [1.82, 2.24) is 5.43 Å². The number of nitrogens with zero attached hydrogens (tertiary/aromatic N) is 2. The van der Waals surface area contributed by atoms with Crippen LogP contribution in [0.3, 0.4) is 0 Å². The number of hydrogen-bond donors (Lipinski definition) is 1. The van der Waals surface area contributed by atoms with Gasteiger partial charge in [0, 0.05) is 23.3 Å². The van der Waals surface area contributed by atoms with E-state index < -0.39 is 10.8 Å². The van der Waals surface area contributed by atoms with Gasteiger partial charge < -0.3 is 4.74 Å². The Bertz CT molecular complexity index is 770. The zero-order valence-corrected chi connectivity index (χ0v) is 12.7. The highest BCUT2D eigenvalue weighted by atomic mass is 16.6. The van der Waals surface area contributed by atoms with Crippen LogP contribution in [0, 0.1) is 10.1 Å². The Hall–Kier alpha value is -3.48. The number of non-ortho nitro benzene ring substituents is 1. The molecule has 2 aromatic carbocycles. The van der Waals surface area contributed by atoms with Gasteiger partial charge in [-0.05, 0) is 24.3 Å². The number of para-hydroxylation sites is 1. The fourth-order valence-electron chi connectivity index (χ4n) is 1.83. The smallest absolute Gasteiger partial charge is 0.271 e. The molecule has 1 N–H and O–H groups in total. The molecule has 0 aromatic heterocycles. The molecule has 7 heteroatoms. The Morgan fingerprint density at radius 2 is 1.96 bits per heavy atom. The number of carbonyl (C=O) groups excluding carboxylic acids is 1. The molecule has 1 amide bonds. The molecule has 24 heavy (non-hydrogen) atoms. The molecule has 0 fully saturated rings. The molecule has 0 aliphatic carbocycles. The fraction of sp³-hybridized carbons (Fsp3) is 0.0588. The van der Waals surface area contributed by atoms with E-state index in [0.717, 1.165) is 0 Å². The molecule has 0 radical (unpaired) electrons. The second kappa shape index (κ2) is 8.23. The average Bonchev–Trinajstić information content (AvgIpc) is 2.60. The lowest BCUT2D eigenvalue weighted by molar-refractivity contribution is -0.384. The summed E-state index contributed by atoms with van der Waals surface area (Å²) in [6, 6.07) is 12.5. The van der Waals surface area contributed by atoms with Crippen molar-refractivity contribution < 1.29 is 14.5 Å². The first kappa shape index (κ1) is 16.9. The maximum Gasteiger partial charge on any atom is 0.271 e. The van der Waals surface area contributed by atoms with Crippen molar-refractivity contribution in [2.75, 3.05) is 6.61 Å². The number of hydrazone groups is 1. The lowest BCUT2D eigenvalue weighted by Gasteiger charge is -2.06. The first-order chi connectivity index (χ1) is 11.6. The van der Waals surface area contributed by atoms with E-state index in [1.165, 1.54) is 30.5 Å². The second-order valence-electron chi connectivity index (χ2n) is 4.64. The molecule has 7 nitrogen and oxygen atoms in total. The van der Waals surface area contributed by atoms with Gasteiger partial charge >= 0.3 is 0 Å². The number of benzene rings is 2. The summed E-state index contributed by atoms with van der Waals surface area (Å²) in [7, 11) is 0. The molecular formula is C17H15N3O4. The van der Waals surface area contributed by atoms with Crippen LogP contribution < -0.4 is 10.2 Å². The third-order valence-electron chi connectivity index (χ3n) is 2.99. The standard InChI is InChI=1S/C17H15N3O4/c1-2-11-24-16-6-4-3-5-14(16)12-18-19-17(21)13-7-9-15(10-8-13)20(22)23/h2-10,12H,1,11H2,(H,19,21)/b18-12+. The van der Waals surface area contributed by atoms with E-state index in [1.54, 1.807) is 18.2 Å². The Balaban J connectivity index is 2.02. The maximum absolute atomic E-state index is 11.9. The Morgan fingerprint density at radius 3 is 2.62 bits per heavy atom. The fourth-order valence-corrected chi connectivity index (χ4v) is 1.83. The van der Waals surface area contributed by atoms with Gasteiger partial charge in [-0.2, -0.15) is 5.10 Å². The van der Waals surface area contributed by atoms with E-state index in [2.05, 4.69) is 17.1 Å². The molecule has 0 saturated heterocycles. The van der Waals surface area contributed by atoms with E-state index in [1.807, 2.05) is 12.1 Å². The summed E-state index contributed by atoms with van der Waals surface area (Å²) >= 11 is 0. The van der Waals surface area contributed by atoms with Crippen LogP contribution in [0.1, 0.15) is 15.9 Å². The number of nitro benzene ring substituents is 1. The summed E-state index contributed by atoms with van der Waals surface area (Å²) in [5.74, 6) is 0.149. The number of nitrogens with one attached hydrogen (secondary N) is 1. The summed E-state index contributed by atoms with van der Waals surface area (Å²) in [6.45, 7) is 3.94. The minimum atomic E-state index is -0.528. The lowest BCUT2D eigenvalue weighted by atomic mass is 10.2. The van der Waals surface area contributed by atoms with Gasteiger partial charge in [-0.15, -0.1) is 0 Å². The number of nitro groups is 1. The zero-order chi connectivity index (χ0) is 17.4. The summed E-state index contributed by atoms with van der Waals surface area (Å²) < 4.78 is 5.48. The Kier molecular flexibility index (Phi) is 5.79. The van der Waals surface area contributed by atoms with Gasteiger partial charge in [0.1, 0.15) is 12.4 Å². The molecule has 0 aliphatic heterocycles. The zero-order valence-electron chi connectivity index (χ0n) is 12.7. The second-order valence-corrected chi connectivity index (χ2v) is 4.64. The molecule has 0 aliphatic rings. The van der Waals surface area contributed by atoms with E-state index in [4.69, 9.17) is 4.74 Å². The highest BCUT2D eigenvalue weighted by molar-refractivity contribution is 5.95. The molecule has 0 saturated carbocycles.